The van der Waals surface area contributed by atoms with E-state index in [9.17, 15) is 4.91 Å². The summed E-state index contributed by atoms with van der Waals surface area (Å²) in [7, 11) is 1.87. The average molecular weight is 420 g/mol. The second-order valence-corrected chi connectivity index (χ2v) is 7.54. The van der Waals surface area contributed by atoms with Gasteiger partial charge in [-0.2, -0.15) is 5.10 Å². The molecule has 0 aliphatic heterocycles. The number of hydrogen-bond acceptors (Lipinski definition) is 5. The van der Waals surface area contributed by atoms with Crippen molar-refractivity contribution < 1.29 is 4.76 Å². The number of halogens is 1. The number of benzene rings is 1. The van der Waals surface area contributed by atoms with Crippen LogP contribution in [0.3, 0.4) is 0 Å². The van der Waals surface area contributed by atoms with Gasteiger partial charge in [-0.1, -0.05) is 22.6 Å². The van der Waals surface area contributed by atoms with Crippen molar-refractivity contribution in [1.29, 1.82) is 0 Å². The van der Waals surface area contributed by atoms with E-state index in [-0.39, 0.29) is 12.4 Å². The van der Waals surface area contributed by atoms with Crippen LogP contribution in [-0.4, -0.2) is 29.5 Å². The number of nitrogens with zero attached hydrogens (tertiary/aromatic N) is 6. The molecule has 4 aromatic rings. The highest BCUT2D eigenvalue weighted by Crippen LogP contribution is 2.31. The van der Waals surface area contributed by atoms with Crippen molar-refractivity contribution in [3.05, 3.63) is 82.0 Å². The van der Waals surface area contributed by atoms with Gasteiger partial charge in [0.05, 0.1) is 11.2 Å². The lowest BCUT2D eigenvalue weighted by Gasteiger charge is -2.06. The standard InChI is InChI=1S/C22H20ClN6O/c1-14-7-24-8-17(15(14)2)13-29(30)22-11-25-21(10-26-22)19-6-16(4-5-20(19)23)18-9-27-28(3)12-18/h4-12H,13H2,1-3H3/q+1. The lowest BCUT2D eigenvalue weighted by molar-refractivity contribution is -0.484. The molecule has 3 aromatic heterocycles. The van der Waals surface area contributed by atoms with E-state index < -0.39 is 0 Å². The summed E-state index contributed by atoms with van der Waals surface area (Å²) in [6, 6.07) is 5.70. The summed E-state index contributed by atoms with van der Waals surface area (Å²) in [4.78, 5) is 25.5. The molecule has 0 amide bonds. The molecule has 0 saturated heterocycles. The van der Waals surface area contributed by atoms with Crippen LogP contribution in [0, 0.1) is 18.8 Å². The highest BCUT2D eigenvalue weighted by Gasteiger charge is 2.18. The van der Waals surface area contributed by atoms with Crippen LogP contribution in [0.1, 0.15) is 16.7 Å². The van der Waals surface area contributed by atoms with Gasteiger partial charge in [0, 0.05) is 42.3 Å². The van der Waals surface area contributed by atoms with Crippen molar-refractivity contribution in [2.75, 3.05) is 0 Å². The van der Waals surface area contributed by atoms with Gasteiger partial charge in [0.2, 0.25) is 0 Å². The fourth-order valence-electron chi connectivity index (χ4n) is 3.14. The third kappa shape index (κ3) is 3.97. The van der Waals surface area contributed by atoms with Crippen molar-refractivity contribution in [2.45, 2.75) is 20.4 Å². The van der Waals surface area contributed by atoms with Crippen LogP contribution >= 0.6 is 11.6 Å². The molecule has 0 fully saturated rings. The molecule has 0 N–H and O–H groups in total. The number of pyridine rings is 1. The van der Waals surface area contributed by atoms with Gasteiger partial charge in [-0.3, -0.25) is 9.67 Å². The Morgan fingerprint density at radius 1 is 1.03 bits per heavy atom. The van der Waals surface area contributed by atoms with E-state index in [2.05, 4.69) is 20.1 Å². The minimum atomic E-state index is 0.159. The summed E-state index contributed by atoms with van der Waals surface area (Å²) >= 11 is 6.40. The highest BCUT2D eigenvalue weighted by atomic mass is 35.5. The minimum Gasteiger partial charge on any atom is -0.275 e. The first-order chi connectivity index (χ1) is 14.4. The summed E-state index contributed by atoms with van der Waals surface area (Å²) in [5.74, 6) is 0.235. The Kier molecular flexibility index (Phi) is 5.37. The van der Waals surface area contributed by atoms with Gasteiger partial charge in [0.15, 0.2) is 12.7 Å². The molecule has 30 heavy (non-hydrogen) atoms. The van der Waals surface area contributed by atoms with Crippen LogP contribution in [-0.2, 0) is 13.6 Å². The molecule has 150 valence electrons. The fourth-order valence-corrected chi connectivity index (χ4v) is 3.36. The van der Waals surface area contributed by atoms with Crippen LogP contribution in [0.4, 0.5) is 5.82 Å². The van der Waals surface area contributed by atoms with E-state index in [0.717, 1.165) is 38.1 Å². The van der Waals surface area contributed by atoms with E-state index >= 15 is 0 Å². The topological polar surface area (TPSA) is 76.6 Å². The molecule has 0 bridgehead atoms. The Morgan fingerprint density at radius 2 is 1.87 bits per heavy atom. The van der Waals surface area contributed by atoms with Gasteiger partial charge in [-0.15, -0.1) is 0 Å². The van der Waals surface area contributed by atoms with Crippen molar-refractivity contribution in [3.8, 4) is 22.4 Å². The van der Waals surface area contributed by atoms with Crippen LogP contribution < -0.4 is 0 Å². The van der Waals surface area contributed by atoms with Gasteiger partial charge < -0.3 is 0 Å². The molecule has 0 radical (unpaired) electrons. The normalized spacial score (nSPS) is 10.9. The average Bonchev–Trinajstić information content (AvgIpc) is 3.18. The number of aryl methyl sites for hydroxylation is 2. The van der Waals surface area contributed by atoms with Crippen LogP contribution in [0.5, 0.6) is 0 Å². The summed E-state index contributed by atoms with van der Waals surface area (Å²) in [5, 5.41) is 4.77. The molecule has 7 nitrogen and oxygen atoms in total. The molecular weight excluding hydrogens is 400 g/mol. The molecule has 1 aromatic carbocycles. The van der Waals surface area contributed by atoms with Gasteiger partial charge in [-0.05, 0) is 52.4 Å². The maximum Gasteiger partial charge on any atom is 0.379 e. The van der Waals surface area contributed by atoms with E-state index in [1.54, 1.807) is 29.5 Å². The molecule has 0 unspecified atom stereocenters. The Bertz CT molecular complexity index is 1230. The molecular formula is C22H20ClN6O+. The number of hydrogen-bond donors (Lipinski definition) is 0. The van der Waals surface area contributed by atoms with E-state index in [1.165, 1.54) is 6.20 Å². The SMILES string of the molecule is Cc1cncc(C[N+](=O)c2cnc(-c3cc(-c4cnn(C)c4)ccc3Cl)cn2)c1C. The molecule has 0 spiro atoms. The zero-order valence-corrected chi connectivity index (χ0v) is 17.6. The first-order valence-corrected chi connectivity index (χ1v) is 9.76. The van der Waals surface area contributed by atoms with Gasteiger partial charge in [0.1, 0.15) is 11.9 Å². The smallest absolute Gasteiger partial charge is 0.275 e. The third-order valence-corrected chi connectivity index (χ3v) is 5.39. The summed E-state index contributed by atoms with van der Waals surface area (Å²) < 4.78 is 2.56. The Morgan fingerprint density at radius 3 is 2.57 bits per heavy atom. The summed E-state index contributed by atoms with van der Waals surface area (Å²) in [5.41, 5.74) is 6.25. The second kappa shape index (κ2) is 8.12. The quantitative estimate of drug-likeness (QED) is 0.433. The van der Waals surface area contributed by atoms with Gasteiger partial charge in [-0.25, -0.2) is 4.98 Å². The second-order valence-electron chi connectivity index (χ2n) is 7.13. The van der Waals surface area contributed by atoms with Crippen LogP contribution in [0.25, 0.3) is 22.4 Å². The Balaban J connectivity index is 1.59. The largest absolute Gasteiger partial charge is 0.379 e. The molecule has 3 heterocycles. The number of rotatable bonds is 5. The zero-order chi connectivity index (χ0) is 21.3. The monoisotopic (exact) mass is 419 g/mol. The van der Waals surface area contributed by atoms with E-state index in [1.807, 2.05) is 45.3 Å². The molecule has 0 saturated carbocycles. The predicted octanol–water partition coefficient (Wildman–Crippen LogP) is 4.82. The zero-order valence-electron chi connectivity index (χ0n) is 16.9. The Labute approximate surface area is 179 Å². The van der Waals surface area contributed by atoms with Crippen molar-refractivity contribution in [2.24, 2.45) is 7.05 Å². The molecule has 0 aliphatic carbocycles. The van der Waals surface area contributed by atoms with Gasteiger partial charge in [0.25, 0.3) is 0 Å². The molecule has 0 aliphatic rings. The van der Waals surface area contributed by atoms with Gasteiger partial charge >= 0.3 is 5.82 Å². The lowest BCUT2D eigenvalue weighted by atomic mass is 10.0. The minimum absolute atomic E-state index is 0.159. The molecule has 0 atom stereocenters. The van der Waals surface area contributed by atoms with E-state index in [0.29, 0.717) is 10.7 Å². The highest BCUT2D eigenvalue weighted by molar-refractivity contribution is 6.33. The fraction of sp³-hybridized carbons (Fsp3) is 0.182. The van der Waals surface area contributed by atoms with Crippen LogP contribution in [0.2, 0.25) is 5.02 Å². The molecule has 8 heteroatoms. The maximum absolute atomic E-state index is 12.6. The predicted molar refractivity (Wildman–Crippen MR) is 115 cm³/mol. The third-order valence-electron chi connectivity index (χ3n) is 5.06. The summed E-state index contributed by atoms with van der Waals surface area (Å²) in [6.45, 7) is 4.11. The van der Waals surface area contributed by atoms with Crippen molar-refractivity contribution in [3.63, 3.8) is 0 Å². The lowest BCUT2D eigenvalue weighted by Crippen LogP contribution is -2.06. The van der Waals surface area contributed by atoms with Crippen molar-refractivity contribution in [1.82, 2.24) is 24.7 Å². The van der Waals surface area contributed by atoms with Crippen LogP contribution in [0.15, 0.2) is 55.4 Å². The first kappa shape index (κ1) is 19.8. The Hall–Kier alpha value is -3.45. The van der Waals surface area contributed by atoms with E-state index in [4.69, 9.17) is 11.6 Å². The summed E-state index contributed by atoms with van der Waals surface area (Å²) in [6.07, 6.45) is 10.2. The molecule has 4 rings (SSSR count). The number of nitroso groups, excluding NO2 is 1. The first-order valence-electron chi connectivity index (χ1n) is 9.38. The van der Waals surface area contributed by atoms with Crippen molar-refractivity contribution >= 4 is 17.4 Å². The maximum atomic E-state index is 12.6. The number of aromatic nitrogens is 5.